The van der Waals surface area contributed by atoms with Gasteiger partial charge in [-0.25, -0.2) is 4.39 Å². The third-order valence-electron chi connectivity index (χ3n) is 3.19. The Hall–Kier alpha value is -2.28. The summed E-state index contributed by atoms with van der Waals surface area (Å²) in [6.45, 7) is 4.76. The average molecular weight is 310 g/mol. The highest BCUT2D eigenvalue weighted by Gasteiger charge is 2.20. The highest BCUT2D eigenvalue weighted by molar-refractivity contribution is 6.02. The Bertz CT molecular complexity index is 561. The smallest absolute Gasteiger partial charge is 0.247 e. The van der Waals surface area contributed by atoms with Crippen molar-refractivity contribution in [3.8, 4) is 5.75 Å². The molecule has 0 aliphatic carbocycles. The van der Waals surface area contributed by atoms with Crippen molar-refractivity contribution in [3.05, 3.63) is 24.5 Å². The first kappa shape index (κ1) is 17.8. The van der Waals surface area contributed by atoms with Crippen molar-refractivity contribution in [3.63, 3.8) is 0 Å². The lowest BCUT2D eigenvalue weighted by Crippen LogP contribution is -2.29. The molecule has 0 saturated carbocycles. The molecule has 0 spiro atoms. The Kier molecular flexibility index (Phi) is 6.18. The number of hydrogen-bond acceptors (Lipinski definition) is 5. The van der Waals surface area contributed by atoms with E-state index in [-0.39, 0.29) is 17.1 Å². The summed E-state index contributed by atoms with van der Waals surface area (Å²) in [5.41, 5.74) is 6.06. The first-order chi connectivity index (χ1) is 10.3. The maximum Gasteiger partial charge on any atom is 0.247 e. The van der Waals surface area contributed by atoms with E-state index >= 15 is 0 Å². The van der Waals surface area contributed by atoms with Gasteiger partial charge in [0.15, 0.2) is 5.82 Å². The minimum atomic E-state index is -0.721. The van der Waals surface area contributed by atoms with Crippen molar-refractivity contribution in [2.24, 2.45) is 0 Å². The topological polar surface area (TPSA) is 70.8 Å². The number of rotatable bonds is 7. The summed E-state index contributed by atoms with van der Waals surface area (Å²) in [7, 11) is 7.10. The fourth-order valence-corrected chi connectivity index (χ4v) is 1.86. The lowest BCUT2D eigenvalue weighted by atomic mass is 10.2. The van der Waals surface area contributed by atoms with Gasteiger partial charge < -0.3 is 25.6 Å². The molecule has 0 radical (unpaired) electrons. The molecule has 1 rings (SSSR count). The van der Waals surface area contributed by atoms with Crippen LogP contribution in [0.15, 0.2) is 18.7 Å². The van der Waals surface area contributed by atoms with Gasteiger partial charge in [-0.2, -0.15) is 0 Å². The van der Waals surface area contributed by atoms with E-state index in [2.05, 4.69) is 11.9 Å². The van der Waals surface area contributed by atoms with Crippen LogP contribution in [0.5, 0.6) is 5.75 Å². The van der Waals surface area contributed by atoms with Crippen LogP contribution in [0.2, 0.25) is 0 Å². The molecule has 0 aliphatic rings. The predicted octanol–water partition coefficient (Wildman–Crippen LogP) is 1.54. The number of nitrogens with zero attached hydrogens (tertiary/aromatic N) is 2. The standard InChI is InChI=1S/C15H23FN4O2/c1-6-12(21)18-15-10(20(4)8-7-19(2)3)9-11(22-5)14(17)13(15)16/h6,9H,1,7-8,17H2,2-5H3,(H,18,21). The Morgan fingerprint density at radius 2 is 2.09 bits per heavy atom. The molecule has 0 unspecified atom stereocenters. The number of carbonyl (C=O) groups is 1. The second kappa shape index (κ2) is 7.65. The van der Waals surface area contributed by atoms with Crippen LogP contribution in [0.25, 0.3) is 0 Å². The molecule has 1 amide bonds. The largest absolute Gasteiger partial charge is 0.494 e. The van der Waals surface area contributed by atoms with Gasteiger partial charge in [0.05, 0.1) is 12.8 Å². The molecule has 6 nitrogen and oxygen atoms in total. The van der Waals surface area contributed by atoms with Crippen LogP contribution in [0.3, 0.4) is 0 Å². The third kappa shape index (κ3) is 4.11. The summed E-state index contributed by atoms with van der Waals surface area (Å²) in [5.74, 6) is -1.01. The van der Waals surface area contributed by atoms with Crippen LogP contribution in [0.4, 0.5) is 21.5 Å². The number of nitrogens with one attached hydrogen (secondary N) is 1. The first-order valence-corrected chi connectivity index (χ1v) is 6.77. The third-order valence-corrected chi connectivity index (χ3v) is 3.19. The molecule has 1 aromatic rings. The van der Waals surface area contributed by atoms with Gasteiger partial charge in [0.2, 0.25) is 5.91 Å². The lowest BCUT2D eigenvalue weighted by Gasteiger charge is -2.25. The summed E-state index contributed by atoms with van der Waals surface area (Å²) in [5, 5.41) is 2.47. The SMILES string of the molecule is C=CC(=O)Nc1c(N(C)CCN(C)C)cc(OC)c(N)c1F. The molecule has 3 N–H and O–H groups in total. The minimum Gasteiger partial charge on any atom is -0.494 e. The van der Waals surface area contributed by atoms with Gasteiger partial charge in [-0.05, 0) is 20.2 Å². The van der Waals surface area contributed by atoms with Crippen molar-refractivity contribution in [2.75, 3.05) is 57.3 Å². The number of anilines is 3. The van der Waals surface area contributed by atoms with Gasteiger partial charge >= 0.3 is 0 Å². The van der Waals surface area contributed by atoms with Crippen molar-refractivity contribution in [1.29, 1.82) is 0 Å². The summed E-state index contributed by atoms with van der Waals surface area (Å²) in [4.78, 5) is 15.4. The van der Waals surface area contributed by atoms with E-state index in [0.29, 0.717) is 12.2 Å². The molecule has 122 valence electrons. The lowest BCUT2D eigenvalue weighted by molar-refractivity contribution is -0.111. The molecular formula is C15H23FN4O2. The maximum absolute atomic E-state index is 14.5. The Morgan fingerprint density at radius 3 is 2.59 bits per heavy atom. The Labute approximate surface area is 130 Å². The van der Waals surface area contributed by atoms with Gasteiger partial charge in [-0.3, -0.25) is 4.79 Å². The van der Waals surface area contributed by atoms with Gasteiger partial charge in [-0.1, -0.05) is 6.58 Å². The highest BCUT2D eigenvalue weighted by atomic mass is 19.1. The van der Waals surface area contributed by atoms with E-state index in [1.165, 1.54) is 7.11 Å². The van der Waals surface area contributed by atoms with Crippen molar-refractivity contribution < 1.29 is 13.9 Å². The van der Waals surface area contributed by atoms with Crippen molar-refractivity contribution in [1.82, 2.24) is 4.90 Å². The van der Waals surface area contributed by atoms with Crippen molar-refractivity contribution in [2.45, 2.75) is 0 Å². The van der Waals surface area contributed by atoms with Crippen LogP contribution >= 0.6 is 0 Å². The molecule has 0 fully saturated rings. The van der Waals surface area contributed by atoms with Gasteiger partial charge in [-0.15, -0.1) is 0 Å². The van der Waals surface area contributed by atoms with E-state index in [0.717, 1.165) is 12.6 Å². The van der Waals surface area contributed by atoms with E-state index in [1.807, 2.05) is 23.9 Å². The van der Waals surface area contributed by atoms with Crippen LogP contribution < -0.4 is 20.7 Å². The monoisotopic (exact) mass is 310 g/mol. The minimum absolute atomic E-state index is 0.0180. The molecular weight excluding hydrogens is 287 g/mol. The number of amides is 1. The number of benzene rings is 1. The molecule has 7 heteroatoms. The average Bonchev–Trinajstić information content (AvgIpc) is 2.49. The molecule has 0 aliphatic heterocycles. The quantitative estimate of drug-likeness (QED) is 0.590. The normalized spacial score (nSPS) is 10.5. The number of ether oxygens (including phenoxy) is 1. The van der Waals surface area contributed by atoms with Crippen LogP contribution in [-0.2, 0) is 4.79 Å². The fourth-order valence-electron chi connectivity index (χ4n) is 1.86. The molecule has 0 aromatic heterocycles. The fraction of sp³-hybridized carbons (Fsp3) is 0.400. The maximum atomic E-state index is 14.5. The van der Waals surface area contributed by atoms with E-state index in [9.17, 15) is 9.18 Å². The number of nitrogens with two attached hydrogens (primary N) is 1. The predicted molar refractivity (Wildman–Crippen MR) is 88.0 cm³/mol. The number of methoxy groups -OCH3 is 1. The number of hydrogen-bond donors (Lipinski definition) is 2. The van der Waals surface area contributed by atoms with E-state index in [1.54, 1.807) is 13.1 Å². The number of carbonyl (C=O) groups excluding carboxylic acids is 1. The van der Waals surface area contributed by atoms with E-state index < -0.39 is 11.7 Å². The molecule has 22 heavy (non-hydrogen) atoms. The van der Waals surface area contributed by atoms with Gasteiger partial charge in [0.25, 0.3) is 0 Å². The molecule has 1 aromatic carbocycles. The molecule has 0 heterocycles. The van der Waals surface area contributed by atoms with Crippen LogP contribution in [0.1, 0.15) is 0 Å². The van der Waals surface area contributed by atoms with Crippen LogP contribution in [0, 0.1) is 5.82 Å². The van der Waals surface area contributed by atoms with Crippen LogP contribution in [-0.4, -0.2) is 52.1 Å². The van der Waals surface area contributed by atoms with E-state index in [4.69, 9.17) is 10.5 Å². The van der Waals surface area contributed by atoms with Gasteiger partial charge in [0.1, 0.15) is 17.1 Å². The zero-order valence-corrected chi connectivity index (χ0v) is 13.4. The number of nitrogen functional groups attached to an aromatic ring is 1. The summed E-state index contributed by atoms with van der Waals surface area (Å²) >= 11 is 0. The zero-order valence-electron chi connectivity index (χ0n) is 13.4. The molecule has 0 atom stereocenters. The van der Waals surface area contributed by atoms with Gasteiger partial charge in [0, 0.05) is 26.2 Å². The summed E-state index contributed by atoms with van der Waals surface area (Å²) in [6, 6.07) is 1.60. The second-order valence-electron chi connectivity index (χ2n) is 5.12. The highest BCUT2D eigenvalue weighted by Crippen LogP contribution is 2.38. The first-order valence-electron chi connectivity index (χ1n) is 6.77. The number of likely N-dealkylation sites (N-methyl/N-ethyl adjacent to an activating group) is 2. The molecule has 0 bridgehead atoms. The Balaban J connectivity index is 3.28. The summed E-state index contributed by atoms with van der Waals surface area (Å²) < 4.78 is 19.6. The van der Waals surface area contributed by atoms with Crippen molar-refractivity contribution >= 4 is 23.0 Å². The number of halogens is 1. The second-order valence-corrected chi connectivity index (χ2v) is 5.12. The summed E-state index contributed by atoms with van der Waals surface area (Å²) in [6.07, 6.45) is 1.07. The molecule has 0 saturated heterocycles. The Morgan fingerprint density at radius 1 is 1.45 bits per heavy atom. The zero-order chi connectivity index (χ0) is 16.9.